The van der Waals surface area contributed by atoms with Gasteiger partial charge in [-0.2, -0.15) is 4.98 Å². The van der Waals surface area contributed by atoms with Gasteiger partial charge in [-0.05, 0) is 18.5 Å². The lowest BCUT2D eigenvalue weighted by Gasteiger charge is -1.88. The molecule has 0 unspecified atom stereocenters. The SMILES string of the molecule is CNCc1nc(Cc2cccs2)no1. The quantitative estimate of drug-likeness (QED) is 0.827. The summed E-state index contributed by atoms with van der Waals surface area (Å²) in [5.74, 6) is 1.39. The minimum absolute atomic E-state index is 0.622. The van der Waals surface area contributed by atoms with Gasteiger partial charge >= 0.3 is 0 Å². The van der Waals surface area contributed by atoms with E-state index in [1.807, 2.05) is 18.5 Å². The van der Waals surface area contributed by atoms with Crippen molar-refractivity contribution in [1.82, 2.24) is 15.5 Å². The van der Waals surface area contributed by atoms with Crippen molar-refractivity contribution in [2.45, 2.75) is 13.0 Å². The third-order valence-corrected chi connectivity index (χ3v) is 2.63. The molecule has 0 spiro atoms. The van der Waals surface area contributed by atoms with Crippen LogP contribution in [0.15, 0.2) is 22.0 Å². The zero-order valence-electron chi connectivity index (χ0n) is 7.86. The standard InChI is InChI=1S/C9H11N3OS/c1-10-6-9-11-8(12-13-9)5-7-3-2-4-14-7/h2-4,10H,5-6H2,1H3. The Balaban J connectivity index is 2.03. The van der Waals surface area contributed by atoms with Gasteiger partial charge in [-0.25, -0.2) is 0 Å². The Kier molecular flexibility index (Phi) is 2.90. The van der Waals surface area contributed by atoms with Crippen LogP contribution in [0.4, 0.5) is 0 Å². The van der Waals surface area contributed by atoms with Crippen molar-refractivity contribution in [2.24, 2.45) is 0 Å². The van der Waals surface area contributed by atoms with Gasteiger partial charge in [-0.1, -0.05) is 11.2 Å². The second kappa shape index (κ2) is 4.34. The molecule has 0 fully saturated rings. The first-order chi connectivity index (χ1) is 6.88. The molecule has 0 aliphatic carbocycles. The molecule has 0 radical (unpaired) electrons. The van der Waals surface area contributed by atoms with E-state index >= 15 is 0 Å². The van der Waals surface area contributed by atoms with Gasteiger partial charge in [0.25, 0.3) is 0 Å². The monoisotopic (exact) mass is 209 g/mol. The van der Waals surface area contributed by atoms with E-state index < -0.39 is 0 Å². The first kappa shape index (κ1) is 9.36. The minimum Gasteiger partial charge on any atom is -0.338 e. The first-order valence-electron chi connectivity index (χ1n) is 4.37. The summed E-state index contributed by atoms with van der Waals surface area (Å²) in [4.78, 5) is 5.49. The Morgan fingerprint density at radius 3 is 3.21 bits per heavy atom. The predicted octanol–water partition coefficient (Wildman–Crippen LogP) is 1.44. The van der Waals surface area contributed by atoms with Gasteiger partial charge < -0.3 is 9.84 Å². The summed E-state index contributed by atoms with van der Waals surface area (Å²) < 4.78 is 5.03. The average molecular weight is 209 g/mol. The van der Waals surface area contributed by atoms with Gasteiger partial charge in [0.05, 0.1) is 6.54 Å². The van der Waals surface area contributed by atoms with Gasteiger partial charge in [-0.15, -0.1) is 11.3 Å². The molecule has 0 aliphatic heterocycles. The van der Waals surface area contributed by atoms with Gasteiger partial charge in [-0.3, -0.25) is 0 Å². The Morgan fingerprint density at radius 1 is 1.57 bits per heavy atom. The summed E-state index contributed by atoms with van der Waals surface area (Å²) in [7, 11) is 1.85. The Labute approximate surface area is 86.0 Å². The highest BCUT2D eigenvalue weighted by molar-refractivity contribution is 7.09. The van der Waals surface area contributed by atoms with E-state index in [1.165, 1.54) is 4.88 Å². The number of hydrogen-bond donors (Lipinski definition) is 1. The molecular formula is C9H11N3OS. The van der Waals surface area contributed by atoms with Crippen LogP contribution in [0.25, 0.3) is 0 Å². The molecule has 2 heterocycles. The van der Waals surface area contributed by atoms with Crippen molar-refractivity contribution in [3.8, 4) is 0 Å². The zero-order chi connectivity index (χ0) is 9.80. The molecule has 4 nitrogen and oxygen atoms in total. The van der Waals surface area contributed by atoms with E-state index in [1.54, 1.807) is 11.3 Å². The van der Waals surface area contributed by atoms with E-state index in [0.717, 1.165) is 12.2 Å². The molecule has 0 aliphatic rings. The van der Waals surface area contributed by atoms with E-state index in [4.69, 9.17) is 4.52 Å². The molecule has 0 aromatic carbocycles. The van der Waals surface area contributed by atoms with E-state index in [9.17, 15) is 0 Å². The van der Waals surface area contributed by atoms with Gasteiger partial charge in [0, 0.05) is 11.3 Å². The van der Waals surface area contributed by atoms with Crippen LogP contribution in [0.2, 0.25) is 0 Å². The summed E-state index contributed by atoms with van der Waals surface area (Å²) in [6, 6.07) is 4.09. The molecule has 0 bridgehead atoms. The molecule has 2 aromatic heterocycles. The van der Waals surface area contributed by atoms with Crippen LogP contribution >= 0.6 is 11.3 Å². The molecule has 0 amide bonds. The van der Waals surface area contributed by atoms with Crippen LogP contribution in [-0.4, -0.2) is 17.2 Å². The van der Waals surface area contributed by atoms with Crippen LogP contribution in [0, 0.1) is 0 Å². The molecule has 14 heavy (non-hydrogen) atoms. The normalized spacial score (nSPS) is 10.6. The second-order valence-corrected chi connectivity index (χ2v) is 3.92. The number of rotatable bonds is 4. The zero-order valence-corrected chi connectivity index (χ0v) is 8.67. The number of thiophene rings is 1. The van der Waals surface area contributed by atoms with Gasteiger partial charge in [0.15, 0.2) is 5.82 Å². The van der Waals surface area contributed by atoms with Gasteiger partial charge in [0.1, 0.15) is 0 Å². The summed E-state index contributed by atoms with van der Waals surface area (Å²) in [6.07, 6.45) is 0.755. The minimum atomic E-state index is 0.622. The van der Waals surface area contributed by atoms with Crippen LogP contribution in [0.3, 0.4) is 0 Å². The number of hydrogen-bond acceptors (Lipinski definition) is 5. The molecule has 0 saturated carbocycles. The molecular weight excluding hydrogens is 198 g/mol. The lowest BCUT2D eigenvalue weighted by Crippen LogP contribution is -2.05. The van der Waals surface area contributed by atoms with Crippen LogP contribution in [0.5, 0.6) is 0 Å². The summed E-state index contributed by atoms with van der Waals surface area (Å²) in [6.45, 7) is 0.622. The van der Waals surface area contributed by atoms with E-state index in [-0.39, 0.29) is 0 Å². The fourth-order valence-electron chi connectivity index (χ4n) is 1.15. The van der Waals surface area contributed by atoms with Crippen LogP contribution in [0.1, 0.15) is 16.6 Å². The maximum absolute atomic E-state index is 5.03. The summed E-state index contributed by atoms with van der Waals surface area (Å²) >= 11 is 1.70. The highest BCUT2D eigenvalue weighted by Crippen LogP contribution is 2.12. The molecule has 74 valence electrons. The van der Waals surface area contributed by atoms with Crippen LogP contribution in [-0.2, 0) is 13.0 Å². The summed E-state index contributed by atoms with van der Waals surface area (Å²) in [5.41, 5.74) is 0. The van der Waals surface area contributed by atoms with Crippen molar-refractivity contribution in [1.29, 1.82) is 0 Å². The Bertz CT molecular complexity index is 382. The molecule has 5 heteroatoms. The Hall–Kier alpha value is -1.20. The lowest BCUT2D eigenvalue weighted by atomic mass is 10.3. The molecule has 0 saturated heterocycles. The van der Waals surface area contributed by atoms with Crippen molar-refractivity contribution in [2.75, 3.05) is 7.05 Å². The fraction of sp³-hybridized carbons (Fsp3) is 0.333. The highest BCUT2D eigenvalue weighted by atomic mass is 32.1. The van der Waals surface area contributed by atoms with Crippen molar-refractivity contribution < 1.29 is 4.52 Å². The van der Waals surface area contributed by atoms with Crippen molar-refractivity contribution >= 4 is 11.3 Å². The smallest absolute Gasteiger partial charge is 0.240 e. The topological polar surface area (TPSA) is 51.0 Å². The number of aromatic nitrogens is 2. The van der Waals surface area contributed by atoms with Gasteiger partial charge in [0.2, 0.25) is 5.89 Å². The Morgan fingerprint density at radius 2 is 2.50 bits per heavy atom. The first-order valence-corrected chi connectivity index (χ1v) is 5.25. The third kappa shape index (κ3) is 2.18. The molecule has 1 N–H and O–H groups in total. The largest absolute Gasteiger partial charge is 0.338 e. The number of nitrogens with zero attached hydrogens (tertiary/aromatic N) is 2. The second-order valence-electron chi connectivity index (χ2n) is 2.89. The third-order valence-electron chi connectivity index (χ3n) is 1.75. The highest BCUT2D eigenvalue weighted by Gasteiger charge is 2.06. The lowest BCUT2D eigenvalue weighted by molar-refractivity contribution is 0.367. The maximum atomic E-state index is 5.03. The van der Waals surface area contributed by atoms with E-state index in [2.05, 4.69) is 21.5 Å². The molecule has 2 rings (SSSR count). The van der Waals surface area contributed by atoms with E-state index in [0.29, 0.717) is 12.4 Å². The summed E-state index contributed by atoms with van der Waals surface area (Å²) in [5, 5.41) is 8.90. The molecule has 2 aromatic rings. The van der Waals surface area contributed by atoms with Crippen molar-refractivity contribution in [3.05, 3.63) is 34.1 Å². The maximum Gasteiger partial charge on any atom is 0.240 e. The van der Waals surface area contributed by atoms with Crippen LogP contribution < -0.4 is 5.32 Å². The predicted molar refractivity (Wildman–Crippen MR) is 54.2 cm³/mol. The molecule has 0 atom stereocenters. The number of nitrogens with one attached hydrogen (secondary N) is 1. The van der Waals surface area contributed by atoms with Crippen molar-refractivity contribution in [3.63, 3.8) is 0 Å². The average Bonchev–Trinajstić information content (AvgIpc) is 2.79. The fourth-order valence-corrected chi connectivity index (χ4v) is 1.86.